The molecule has 1 aromatic heterocycles. The molecule has 3 heteroatoms. The Kier molecular flexibility index (Phi) is 4.32. The summed E-state index contributed by atoms with van der Waals surface area (Å²) in [7, 11) is 0. The number of hydrogen-bond donors (Lipinski definition) is 1. The maximum absolute atomic E-state index is 6.07. The Balaban J connectivity index is 1.87. The molecule has 0 bridgehead atoms. The largest absolute Gasteiger partial charge is 0.493 e. The lowest BCUT2D eigenvalue weighted by atomic mass is 10.0. The third kappa shape index (κ3) is 3.41. The van der Waals surface area contributed by atoms with Crippen LogP contribution < -0.4 is 10.5 Å². The normalized spacial score (nSPS) is 15.5. The van der Waals surface area contributed by atoms with E-state index in [-0.39, 0.29) is 0 Å². The van der Waals surface area contributed by atoms with E-state index in [0.717, 1.165) is 24.3 Å². The molecule has 1 aromatic carbocycles. The Morgan fingerprint density at radius 1 is 1.23 bits per heavy atom. The van der Waals surface area contributed by atoms with Gasteiger partial charge in [-0.25, -0.2) is 4.98 Å². The van der Waals surface area contributed by atoms with Crippen LogP contribution in [0.1, 0.15) is 44.6 Å². The Hall–Kier alpha value is -2.03. The highest BCUT2D eigenvalue weighted by Gasteiger charge is 2.27. The number of rotatable bonds is 6. The van der Waals surface area contributed by atoms with E-state index in [9.17, 15) is 0 Å². The van der Waals surface area contributed by atoms with Gasteiger partial charge in [-0.3, -0.25) is 0 Å². The van der Waals surface area contributed by atoms with Crippen LogP contribution in [0.15, 0.2) is 36.5 Å². The smallest absolute Gasteiger partial charge is 0.123 e. The van der Waals surface area contributed by atoms with Crippen LogP contribution in [0.3, 0.4) is 0 Å². The van der Waals surface area contributed by atoms with Crippen LogP contribution in [-0.4, -0.2) is 11.6 Å². The molecular formula is C19H24N2O. The maximum atomic E-state index is 6.07. The Labute approximate surface area is 132 Å². The molecule has 1 atom stereocenters. The van der Waals surface area contributed by atoms with Crippen molar-refractivity contribution in [2.24, 2.45) is 5.92 Å². The summed E-state index contributed by atoms with van der Waals surface area (Å²) in [5, 5.41) is 0. The fourth-order valence-electron chi connectivity index (χ4n) is 2.55. The first-order valence-electron chi connectivity index (χ1n) is 8.16. The van der Waals surface area contributed by atoms with Gasteiger partial charge in [0.25, 0.3) is 0 Å². The van der Waals surface area contributed by atoms with E-state index >= 15 is 0 Å². The number of nitrogens with zero attached hydrogens (tertiary/aromatic N) is 1. The third-order valence-electron chi connectivity index (χ3n) is 4.36. The summed E-state index contributed by atoms with van der Waals surface area (Å²) >= 11 is 0. The number of anilines is 1. The molecule has 2 aromatic rings. The lowest BCUT2D eigenvalue weighted by molar-refractivity contribution is 0.254. The minimum Gasteiger partial charge on any atom is -0.493 e. The van der Waals surface area contributed by atoms with Crippen molar-refractivity contribution in [2.45, 2.75) is 39.0 Å². The van der Waals surface area contributed by atoms with Crippen molar-refractivity contribution in [3.8, 4) is 16.9 Å². The lowest BCUT2D eigenvalue weighted by Gasteiger charge is -2.15. The molecule has 1 aliphatic rings. The van der Waals surface area contributed by atoms with E-state index < -0.39 is 0 Å². The van der Waals surface area contributed by atoms with Crippen LogP contribution in [0.2, 0.25) is 0 Å². The Morgan fingerprint density at radius 2 is 2.00 bits per heavy atom. The van der Waals surface area contributed by atoms with Gasteiger partial charge in [-0.2, -0.15) is 0 Å². The highest BCUT2D eigenvalue weighted by atomic mass is 16.5. The summed E-state index contributed by atoms with van der Waals surface area (Å²) in [6.45, 7) is 5.22. The second kappa shape index (κ2) is 6.39. The van der Waals surface area contributed by atoms with E-state index in [4.69, 9.17) is 10.5 Å². The zero-order valence-electron chi connectivity index (χ0n) is 13.4. The number of pyridine rings is 1. The van der Waals surface area contributed by atoms with Gasteiger partial charge in [0, 0.05) is 6.20 Å². The number of nitrogens with two attached hydrogens (primary N) is 1. The van der Waals surface area contributed by atoms with Crippen molar-refractivity contribution in [3.63, 3.8) is 0 Å². The minimum atomic E-state index is 0.558. The maximum Gasteiger partial charge on any atom is 0.123 e. The molecule has 22 heavy (non-hydrogen) atoms. The fourth-order valence-corrected chi connectivity index (χ4v) is 2.55. The zero-order chi connectivity index (χ0) is 15.5. The molecule has 3 nitrogen and oxygen atoms in total. The monoisotopic (exact) mass is 296 g/mol. The van der Waals surface area contributed by atoms with Gasteiger partial charge in [-0.1, -0.05) is 26.3 Å². The number of aromatic nitrogens is 1. The highest BCUT2D eigenvalue weighted by molar-refractivity contribution is 5.68. The van der Waals surface area contributed by atoms with Crippen LogP contribution >= 0.6 is 0 Å². The standard InChI is InChI=1S/C19H24N2O/c1-3-13(2)12-22-18-7-6-15(10-17(18)14-4-5-14)16-8-9-21-19(20)11-16/h6-11,13-14H,3-5,12H2,1-2H3,(H2,20,21)/t13-/m1/s1. The molecule has 1 aliphatic carbocycles. The summed E-state index contributed by atoms with van der Waals surface area (Å²) in [5.41, 5.74) is 9.44. The Bertz CT molecular complexity index is 650. The molecule has 0 radical (unpaired) electrons. The van der Waals surface area contributed by atoms with Crippen LogP contribution in [0, 0.1) is 5.92 Å². The van der Waals surface area contributed by atoms with Gasteiger partial charge >= 0.3 is 0 Å². The van der Waals surface area contributed by atoms with Crippen molar-refractivity contribution >= 4 is 5.82 Å². The summed E-state index contributed by atoms with van der Waals surface area (Å²) in [5.74, 6) is 2.86. The van der Waals surface area contributed by atoms with Crippen molar-refractivity contribution in [2.75, 3.05) is 12.3 Å². The van der Waals surface area contributed by atoms with Crippen LogP contribution in [0.25, 0.3) is 11.1 Å². The molecule has 1 fully saturated rings. The first-order chi connectivity index (χ1) is 10.7. The SMILES string of the molecule is CC[C@@H](C)COc1ccc(-c2ccnc(N)c2)cc1C1CC1. The second-order valence-corrected chi connectivity index (χ2v) is 6.32. The average Bonchev–Trinajstić information content (AvgIpc) is 3.37. The van der Waals surface area contributed by atoms with Crippen LogP contribution in [0.4, 0.5) is 5.82 Å². The van der Waals surface area contributed by atoms with Crippen molar-refractivity contribution in [3.05, 3.63) is 42.1 Å². The number of hydrogen-bond acceptors (Lipinski definition) is 3. The zero-order valence-corrected chi connectivity index (χ0v) is 13.4. The predicted molar refractivity (Wildman–Crippen MR) is 91.0 cm³/mol. The molecule has 0 saturated heterocycles. The molecular weight excluding hydrogens is 272 g/mol. The quantitative estimate of drug-likeness (QED) is 0.845. The van der Waals surface area contributed by atoms with Gasteiger partial charge in [0.15, 0.2) is 0 Å². The predicted octanol–water partition coefficient (Wildman–Crippen LogP) is 4.63. The fraction of sp³-hybridized carbons (Fsp3) is 0.421. The van der Waals surface area contributed by atoms with Crippen molar-refractivity contribution in [1.82, 2.24) is 4.98 Å². The number of benzene rings is 1. The third-order valence-corrected chi connectivity index (χ3v) is 4.36. The van der Waals surface area contributed by atoms with Gasteiger partial charge < -0.3 is 10.5 Å². The lowest BCUT2D eigenvalue weighted by Crippen LogP contribution is -2.08. The highest BCUT2D eigenvalue weighted by Crippen LogP contribution is 2.45. The van der Waals surface area contributed by atoms with E-state index in [1.165, 1.54) is 24.0 Å². The molecule has 0 spiro atoms. The van der Waals surface area contributed by atoms with E-state index in [1.54, 1.807) is 6.20 Å². The molecule has 3 rings (SSSR count). The summed E-state index contributed by atoms with van der Waals surface area (Å²) in [6, 6.07) is 10.4. The minimum absolute atomic E-state index is 0.558. The number of nitrogen functional groups attached to an aromatic ring is 1. The van der Waals surface area contributed by atoms with Crippen molar-refractivity contribution < 1.29 is 4.74 Å². The first kappa shape index (κ1) is 14.9. The molecule has 2 N–H and O–H groups in total. The summed E-state index contributed by atoms with van der Waals surface area (Å²) < 4.78 is 6.07. The van der Waals surface area contributed by atoms with Gasteiger partial charge in [-0.15, -0.1) is 0 Å². The van der Waals surface area contributed by atoms with Crippen LogP contribution in [0.5, 0.6) is 5.75 Å². The molecule has 1 saturated carbocycles. The van der Waals surface area contributed by atoms with Gasteiger partial charge in [0.1, 0.15) is 11.6 Å². The van der Waals surface area contributed by atoms with Gasteiger partial charge in [0.2, 0.25) is 0 Å². The van der Waals surface area contributed by atoms with Crippen LogP contribution in [-0.2, 0) is 0 Å². The molecule has 0 aliphatic heterocycles. The van der Waals surface area contributed by atoms with E-state index in [0.29, 0.717) is 17.7 Å². The molecule has 0 amide bonds. The topological polar surface area (TPSA) is 48.1 Å². The van der Waals surface area contributed by atoms with Gasteiger partial charge in [-0.05, 0) is 65.6 Å². The molecule has 0 unspecified atom stereocenters. The number of ether oxygens (including phenoxy) is 1. The first-order valence-corrected chi connectivity index (χ1v) is 8.16. The summed E-state index contributed by atoms with van der Waals surface area (Å²) in [4.78, 5) is 4.06. The second-order valence-electron chi connectivity index (χ2n) is 6.32. The van der Waals surface area contributed by atoms with E-state index in [1.807, 2.05) is 12.1 Å². The average molecular weight is 296 g/mol. The van der Waals surface area contributed by atoms with E-state index in [2.05, 4.69) is 37.0 Å². The van der Waals surface area contributed by atoms with Gasteiger partial charge in [0.05, 0.1) is 6.61 Å². The van der Waals surface area contributed by atoms with Crippen molar-refractivity contribution in [1.29, 1.82) is 0 Å². The Morgan fingerprint density at radius 3 is 2.68 bits per heavy atom. The molecule has 1 heterocycles. The molecule has 116 valence electrons. The summed E-state index contributed by atoms with van der Waals surface area (Å²) in [6.07, 6.45) is 5.44.